The number of nitrogens with zero attached hydrogens (tertiary/aromatic N) is 2. The third-order valence-electron chi connectivity index (χ3n) is 4.80. The lowest BCUT2D eigenvalue weighted by molar-refractivity contribution is 0.102. The van der Waals surface area contributed by atoms with E-state index >= 15 is 0 Å². The van der Waals surface area contributed by atoms with Gasteiger partial charge in [0, 0.05) is 6.20 Å². The molecular formula is C15H25N3. The maximum absolute atomic E-state index is 5.66. The number of rotatable bonds is 3. The van der Waals surface area contributed by atoms with E-state index in [4.69, 9.17) is 5.73 Å². The molecule has 1 atom stereocenters. The van der Waals surface area contributed by atoms with Crippen molar-refractivity contribution in [3.8, 4) is 0 Å². The molecule has 2 rings (SSSR count). The minimum absolute atomic E-state index is 0.392. The summed E-state index contributed by atoms with van der Waals surface area (Å²) in [6, 6.07) is 4.04. The SMILES string of the molecule is CCN1CCC(C)([C@H](C)c2ccc(N)nc2)CC1. The first-order valence-corrected chi connectivity index (χ1v) is 6.99. The molecule has 1 aliphatic heterocycles. The Morgan fingerprint density at radius 2 is 2.06 bits per heavy atom. The topological polar surface area (TPSA) is 42.1 Å². The van der Waals surface area contributed by atoms with Crippen LogP contribution in [0.1, 0.15) is 45.1 Å². The number of piperidine rings is 1. The van der Waals surface area contributed by atoms with Gasteiger partial charge < -0.3 is 10.6 Å². The molecule has 0 amide bonds. The zero-order chi connectivity index (χ0) is 13.2. The lowest BCUT2D eigenvalue weighted by Gasteiger charge is -2.43. The summed E-state index contributed by atoms with van der Waals surface area (Å²) in [5.74, 6) is 1.15. The normalized spacial score (nSPS) is 21.7. The number of nitrogen functional groups attached to an aromatic ring is 1. The van der Waals surface area contributed by atoms with Crippen molar-refractivity contribution in [1.82, 2.24) is 9.88 Å². The van der Waals surface area contributed by atoms with Crippen molar-refractivity contribution in [2.75, 3.05) is 25.4 Å². The van der Waals surface area contributed by atoms with E-state index in [-0.39, 0.29) is 0 Å². The summed E-state index contributed by atoms with van der Waals surface area (Å²) in [6.45, 7) is 10.6. The molecule has 1 aromatic heterocycles. The quantitative estimate of drug-likeness (QED) is 0.893. The first-order valence-electron chi connectivity index (χ1n) is 6.99. The molecule has 2 heterocycles. The highest BCUT2D eigenvalue weighted by Crippen LogP contribution is 2.43. The Labute approximate surface area is 110 Å². The maximum Gasteiger partial charge on any atom is 0.123 e. The second-order valence-corrected chi connectivity index (χ2v) is 5.83. The molecule has 1 fully saturated rings. The number of hydrogen-bond acceptors (Lipinski definition) is 3. The summed E-state index contributed by atoms with van der Waals surface area (Å²) < 4.78 is 0. The van der Waals surface area contributed by atoms with E-state index in [9.17, 15) is 0 Å². The highest BCUT2D eigenvalue weighted by Gasteiger charge is 2.35. The van der Waals surface area contributed by atoms with Crippen molar-refractivity contribution < 1.29 is 0 Å². The maximum atomic E-state index is 5.66. The van der Waals surface area contributed by atoms with Gasteiger partial charge in [-0.2, -0.15) is 0 Å². The number of nitrogens with two attached hydrogens (primary N) is 1. The fraction of sp³-hybridized carbons (Fsp3) is 0.667. The number of hydrogen-bond donors (Lipinski definition) is 1. The first-order chi connectivity index (χ1) is 8.55. The van der Waals surface area contributed by atoms with Crippen molar-refractivity contribution in [2.45, 2.75) is 39.5 Å². The number of likely N-dealkylation sites (tertiary alicyclic amines) is 1. The van der Waals surface area contributed by atoms with Crippen LogP contribution in [0.5, 0.6) is 0 Å². The van der Waals surface area contributed by atoms with Crippen LogP contribution in [0, 0.1) is 5.41 Å². The number of aromatic nitrogens is 1. The third-order valence-corrected chi connectivity index (χ3v) is 4.80. The highest BCUT2D eigenvalue weighted by molar-refractivity contribution is 5.31. The van der Waals surface area contributed by atoms with Crippen molar-refractivity contribution in [1.29, 1.82) is 0 Å². The molecule has 0 radical (unpaired) electrons. The molecule has 0 spiro atoms. The van der Waals surface area contributed by atoms with Crippen LogP contribution in [-0.2, 0) is 0 Å². The van der Waals surface area contributed by atoms with Crippen LogP contribution >= 0.6 is 0 Å². The van der Waals surface area contributed by atoms with Crippen LogP contribution in [-0.4, -0.2) is 29.5 Å². The van der Waals surface area contributed by atoms with Crippen LogP contribution in [0.15, 0.2) is 18.3 Å². The molecule has 0 unspecified atom stereocenters. The molecule has 2 N–H and O–H groups in total. The van der Waals surface area contributed by atoms with Gasteiger partial charge in [0.15, 0.2) is 0 Å². The summed E-state index contributed by atoms with van der Waals surface area (Å²) in [7, 11) is 0. The van der Waals surface area contributed by atoms with E-state index in [2.05, 4.69) is 36.7 Å². The van der Waals surface area contributed by atoms with Gasteiger partial charge in [-0.3, -0.25) is 0 Å². The number of pyridine rings is 1. The molecule has 18 heavy (non-hydrogen) atoms. The molecular weight excluding hydrogens is 222 g/mol. The molecule has 3 heteroatoms. The van der Waals surface area contributed by atoms with E-state index in [0.29, 0.717) is 17.2 Å². The molecule has 1 aromatic rings. The predicted octanol–water partition coefficient (Wildman–Crippen LogP) is 2.89. The summed E-state index contributed by atoms with van der Waals surface area (Å²) in [5, 5.41) is 0. The van der Waals surface area contributed by atoms with Crippen LogP contribution < -0.4 is 5.73 Å². The summed E-state index contributed by atoms with van der Waals surface area (Å²) in [6.07, 6.45) is 4.48. The van der Waals surface area contributed by atoms with E-state index in [0.717, 1.165) is 0 Å². The third kappa shape index (κ3) is 2.66. The van der Waals surface area contributed by atoms with E-state index in [1.165, 1.54) is 38.0 Å². The second kappa shape index (κ2) is 5.27. The lowest BCUT2D eigenvalue weighted by Crippen LogP contribution is -2.40. The fourth-order valence-electron chi connectivity index (χ4n) is 2.89. The van der Waals surface area contributed by atoms with Crippen molar-refractivity contribution in [3.63, 3.8) is 0 Å². The Bertz CT molecular complexity index is 377. The number of anilines is 1. The molecule has 0 saturated carbocycles. The molecule has 3 nitrogen and oxygen atoms in total. The van der Waals surface area contributed by atoms with Crippen LogP contribution in [0.4, 0.5) is 5.82 Å². The van der Waals surface area contributed by atoms with Gasteiger partial charge in [0.2, 0.25) is 0 Å². The molecule has 1 saturated heterocycles. The standard InChI is InChI=1S/C15H25N3/c1-4-18-9-7-15(3,8-10-18)12(2)13-5-6-14(16)17-11-13/h5-6,11-12H,4,7-10H2,1-3H3,(H2,16,17)/t12-/m1/s1. The largest absolute Gasteiger partial charge is 0.384 e. The van der Waals surface area contributed by atoms with Gasteiger partial charge in [0.25, 0.3) is 0 Å². The Hall–Kier alpha value is -1.09. The van der Waals surface area contributed by atoms with Gasteiger partial charge in [0.05, 0.1) is 0 Å². The molecule has 0 aliphatic carbocycles. The lowest BCUT2D eigenvalue weighted by atomic mass is 9.69. The van der Waals surface area contributed by atoms with Crippen molar-refractivity contribution >= 4 is 5.82 Å². The van der Waals surface area contributed by atoms with Gasteiger partial charge >= 0.3 is 0 Å². The average Bonchev–Trinajstić information content (AvgIpc) is 2.40. The average molecular weight is 247 g/mol. The zero-order valence-electron chi connectivity index (χ0n) is 11.8. The zero-order valence-corrected chi connectivity index (χ0v) is 11.8. The molecule has 100 valence electrons. The Balaban J connectivity index is 2.08. The fourth-order valence-corrected chi connectivity index (χ4v) is 2.89. The van der Waals surface area contributed by atoms with E-state index in [1.54, 1.807) is 0 Å². The van der Waals surface area contributed by atoms with Crippen molar-refractivity contribution in [2.24, 2.45) is 5.41 Å². The Morgan fingerprint density at radius 3 is 2.56 bits per heavy atom. The van der Waals surface area contributed by atoms with Crippen LogP contribution in [0.25, 0.3) is 0 Å². The van der Waals surface area contributed by atoms with Gasteiger partial charge in [-0.25, -0.2) is 4.98 Å². The Kier molecular flexibility index (Phi) is 3.91. The molecule has 0 aromatic carbocycles. The van der Waals surface area contributed by atoms with Gasteiger partial charge in [-0.1, -0.05) is 26.8 Å². The van der Waals surface area contributed by atoms with Gasteiger partial charge in [-0.15, -0.1) is 0 Å². The van der Waals surface area contributed by atoms with E-state index < -0.39 is 0 Å². The first kappa shape index (κ1) is 13.3. The van der Waals surface area contributed by atoms with E-state index in [1.807, 2.05) is 12.3 Å². The van der Waals surface area contributed by atoms with Crippen molar-refractivity contribution in [3.05, 3.63) is 23.9 Å². The summed E-state index contributed by atoms with van der Waals surface area (Å²) in [5.41, 5.74) is 7.37. The van der Waals surface area contributed by atoms with Crippen LogP contribution in [0.3, 0.4) is 0 Å². The molecule has 0 bridgehead atoms. The van der Waals surface area contributed by atoms with Crippen LogP contribution in [0.2, 0.25) is 0 Å². The predicted molar refractivity (Wildman–Crippen MR) is 76.5 cm³/mol. The summed E-state index contributed by atoms with van der Waals surface area (Å²) >= 11 is 0. The smallest absolute Gasteiger partial charge is 0.123 e. The monoisotopic (exact) mass is 247 g/mol. The minimum atomic E-state index is 0.392. The second-order valence-electron chi connectivity index (χ2n) is 5.83. The van der Waals surface area contributed by atoms with Gasteiger partial charge in [-0.05, 0) is 55.4 Å². The highest BCUT2D eigenvalue weighted by atomic mass is 15.1. The Morgan fingerprint density at radius 1 is 1.39 bits per heavy atom. The molecule has 1 aliphatic rings. The summed E-state index contributed by atoms with van der Waals surface area (Å²) in [4.78, 5) is 6.76. The minimum Gasteiger partial charge on any atom is -0.384 e. The van der Waals surface area contributed by atoms with Gasteiger partial charge in [0.1, 0.15) is 5.82 Å².